The Morgan fingerprint density at radius 3 is 1.93 bits per heavy atom. The molecule has 14 nitrogen and oxygen atoms in total. The fraction of sp³-hybridized carbons (Fsp3) is 0.314. The zero-order chi connectivity index (χ0) is 41.2. The lowest BCUT2D eigenvalue weighted by atomic mass is 9.56. The lowest BCUT2D eigenvalue weighted by molar-refractivity contribution is -0.392. The number of fused-ring (bicyclic) bond motifs is 4. The van der Waals surface area contributed by atoms with Crippen LogP contribution in [0.25, 0.3) is 0 Å². The number of alkyl halides is 2. The SMILES string of the molecule is Cc1cccc([C@H]2C3=CC[C@@H]4C(=O)N(c5cc([N+](=O)[O-])c(N(C)C)c([N+](=O)[O-])c5)C(=O)[C@@H]4[C@@H]3C[C@@]3(Cl)C(=O)N(c4c(F)c(F)c(F)c(F)c4F)C(=O)[C@@]23Cl)c1O. The zero-order valence-electron chi connectivity index (χ0n) is 28.8. The highest BCUT2D eigenvalue weighted by atomic mass is 35.5. The number of allylic oxidation sites excluding steroid dienone is 2. The van der Waals surface area contributed by atoms with E-state index in [9.17, 15) is 57.7 Å². The average molecular weight is 824 g/mol. The third kappa shape index (κ3) is 4.85. The number of phenols is 1. The molecule has 3 fully saturated rings. The smallest absolute Gasteiger partial charge is 0.301 e. The average Bonchev–Trinajstić information content (AvgIpc) is 3.48. The highest BCUT2D eigenvalue weighted by molar-refractivity contribution is 6.58. The maximum atomic E-state index is 15.3. The van der Waals surface area contributed by atoms with E-state index in [1.54, 1.807) is 0 Å². The van der Waals surface area contributed by atoms with Gasteiger partial charge in [0.05, 0.1) is 27.4 Å². The molecule has 0 aromatic heterocycles. The Kier molecular flexibility index (Phi) is 8.73. The van der Waals surface area contributed by atoms with Gasteiger partial charge in [0.25, 0.3) is 11.8 Å². The van der Waals surface area contributed by atoms with Gasteiger partial charge in [-0.1, -0.05) is 29.8 Å². The quantitative estimate of drug-likeness (QED) is 0.0449. The Labute approximate surface area is 320 Å². The van der Waals surface area contributed by atoms with Crippen molar-refractivity contribution in [2.75, 3.05) is 28.8 Å². The van der Waals surface area contributed by atoms with Gasteiger partial charge in [-0.2, -0.15) is 0 Å². The molecule has 2 aliphatic carbocycles. The predicted molar refractivity (Wildman–Crippen MR) is 186 cm³/mol. The normalized spacial score (nSPS) is 26.9. The van der Waals surface area contributed by atoms with Crippen molar-refractivity contribution < 1.29 is 56.1 Å². The highest BCUT2D eigenvalue weighted by Crippen LogP contribution is 2.67. The lowest BCUT2D eigenvalue weighted by Gasteiger charge is -2.50. The Bertz CT molecular complexity index is 2370. The number of amides is 4. The Hall–Kier alpha value is -5.69. The molecule has 2 aliphatic heterocycles. The lowest BCUT2D eigenvalue weighted by Crippen LogP contribution is -2.60. The van der Waals surface area contributed by atoms with E-state index in [1.807, 2.05) is 0 Å². The van der Waals surface area contributed by atoms with Crippen molar-refractivity contribution in [2.24, 2.45) is 17.8 Å². The van der Waals surface area contributed by atoms with Crippen molar-refractivity contribution >= 4 is 75.3 Å². The van der Waals surface area contributed by atoms with Gasteiger partial charge in [0.15, 0.2) is 38.7 Å². The fourth-order valence-electron chi connectivity index (χ4n) is 8.54. The van der Waals surface area contributed by atoms with Gasteiger partial charge < -0.3 is 10.0 Å². The van der Waals surface area contributed by atoms with E-state index in [1.165, 1.54) is 45.3 Å². The van der Waals surface area contributed by atoms with Crippen molar-refractivity contribution in [3.63, 3.8) is 0 Å². The van der Waals surface area contributed by atoms with Crippen LogP contribution in [0.3, 0.4) is 0 Å². The molecule has 3 aromatic carbocycles. The van der Waals surface area contributed by atoms with Crippen LogP contribution in [0.4, 0.5) is 50.4 Å². The summed E-state index contributed by atoms with van der Waals surface area (Å²) in [5.74, 6) is -24.7. The van der Waals surface area contributed by atoms with E-state index >= 15 is 8.78 Å². The standard InChI is InChI=1S/C35H24Cl2F5N5O9/c1-12-5-4-6-16(29(12)48)21-14-7-8-15-20(31(50)44(30(15)49)13-9-18(46(53)54)27(43(2)3)19(10-13)47(55)56)17(14)11-34(36)32(51)45(33(52)35(21,34)37)28-25(41)23(39)22(38)24(40)26(28)42/h4-7,9-10,15,17,20-21,48H,8,11H2,1-3H3/t15-,17+,20-,21+,34+,35-/m0/s1. The first kappa shape index (κ1) is 38.6. The fourth-order valence-corrected chi connectivity index (χ4v) is 9.46. The number of carbonyl (C=O) groups is 4. The summed E-state index contributed by atoms with van der Waals surface area (Å²) in [4.78, 5) is 75.1. The van der Waals surface area contributed by atoms with Crippen molar-refractivity contribution in [3.8, 4) is 5.75 Å². The molecule has 0 bridgehead atoms. The number of imide groups is 2. The zero-order valence-corrected chi connectivity index (χ0v) is 30.3. The maximum absolute atomic E-state index is 15.3. The molecule has 2 saturated heterocycles. The van der Waals surface area contributed by atoms with Gasteiger partial charge in [-0.3, -0.25) is 39.4 Å². The van der Waals surface area contributed by atoms with E-state index < -0.39 is 137 Å². The van der Waals surface area contributed by atoms with Gasteiger partial charge in [-0.05, 0) is 31.2 Å². The molecule has 2 heterocycles. The maximum Gasteiger partial charge on any atom is 0.301 e. The number of hydrogen-bond donors (Lipinski definition) is 1. The molecule has 1 N–H and O–H groups in total. The highest BCUT2D eigenvalue weighted by Gasteiger charge is 2.77. The van der Waals surface area contributed by atoms with E-state index in [4.69, 9.17) is 23.2 Å². The van der Waals surface area contributed by atoms with Gasteiger partial charge in [-0.25, -0.2) is 31.8 Å². The van der Waals surface area contributed by atoms with Crippen LogP contribution in [0.15, 0.2) is 42.0 Å². The molecular formula is C35H24Cl2F5N5O9. The summed E-state index contributed by atoms with van der Waals surface area (Å²) in [6, 6.07) is 5.71. The van der Waals surface area contributed by atoms with Crippen LogP contribution < -0.4 is 14.7 Å². The number of para-hydroxylation sites is 1. The number of nitro groups is 2. The number of benzene rings is 3. The molecule has 56 heavy (non-hydrogen) atoms. The summed E-state index contributed by atoms with van der Waals surface area (Å²) in [5, 5.41) is 35.5. The minimum atomic E-state index is -2.89. The van der Waals surface area contributed by atoms with Crippen LogP contribution in [-0.4, -0.2) is 62.4 Å². The number of aryl methyl sites for hydroxylation is 1. The molecular weight excluding hydrogens is 800 g/mol. The number of carbonyl (C=O) groups excluding carboxylic acids is 4. The minimum absolute atomic E-state index is 0.0294. The summed E-state index contributed by atoms with van der Waals surface area (Å²) in [6.45, 7) is 1.44. The van der Waals surface area contributed by atoms with Crippen LogP contribution in [0.5, 0.6) is 5.75 Å². The van der Waals surface area contributed by atoms with Crippen LogP contribution in [0.2, 0.25) is 0 Å². The first-order valence-electron chi connectivity index (χ1n) is 16.4. The molecule has 7 rings (SSSR count). The van der Waals surface area contributed by atoms with E-state index in [2.05, 4.69) is 0 Å². The number of hydrogen-bond acceptors (Lipinski definition) is 10. The largest absolute Gasteiger partial charge is 0.507 e. The Morgan fingerprint density at radius 1 is 0.839 bits per heavy atom. The number of halogens is 7. The summed E-state index contributed by atoms with van der Waals surface area (Å²) in [5.41, 5.74) is -4.58. The molecule has 0 unspecified atom stereocenters. The van der Waals surface area contributed by atoms with Crippen LogP contribution in [0, 0.1) is 74.0 Å². The van der Waals surface area contributed by atoms with Gasteiger partial charge in [0, 0.05) is 37.7 Å². The van der Waals surface area contributed by atoms with Crippen molar-refractivity contribution in [1.82, 2.24) is 0 Å². The topological polar surface area (TPSA) is 185 Å². The summed E-state index contributed by atoms with van der Waals surface area (Å²) >= 11 is 14.2. The number of nitrogens with zero attached hydrogens (tertiary/aromatic N) is 5. The summed E-state index contributed by atoms with van der Waals surface area (Å²) < 4.78 is 73.6. The van der Waals surface area contributed by atoms with Crippen molar-refractivity contribution in [3.05, 3.63) is 102 Å². The second kappa shape index (κ2) is 12.7. The predicted octanol–water partition coefficient (Wildman–Crippen LogP) is 6.05. The second-order valence-corrected chi connectivity index (χ2v) is 15.2. The van der Waals surface area contributed by atoms with E-state index in [0.29, 0.717) is 4.90 Å². The number of rotatable bonds is 6. The molecule has 4 amide bonds. The molecule has 6 atom stereocenters. The van der Waals surface area contributed by atoms with Crippen molar-refractivity contribution in [2.45, 2.75) is 35.4 Å². The first-order chi connectivity index (χ1) is 26.1. The Morgan fingerprint density at radius 2 is 1.39 bits per heavy atom. The Balaban J connectivity index is 1.43. The van der Waals surface area contributed by atoms with E-state index in [-0.39, 0.29) is 28.0 Å². The summed E-state index contributed by atoms with van der Waals surface area (Å²) in [6.07, 6.45) is 0.218. The van der Waals surface area contributed by atoms with Gasteiger partial charge in [-0.15, -0.1) is 23.2 Å². The third-order valence-electron chi connectivity index (χ3n) is 11.0. The molecule has 4 aliphatic rings. The van der Waals surface area contributed by atoms with Gasteiger partial charge >= 0.3 is 11.4 Å². The molecule has 3 aromatic rings. The van der Waals surface area contributed by atoms with Crippen LogP contribution in [0.1, 0.15) is 29.9 Å². The van der Waals surface area contributed by atoms with E-state index in [0.717, 1.165) is 17.0 Å². The minimum Gasteiger partial charge on any atom is -0.507 e. The number of nitro benzene ring substituents is 2. The van der Waals surface area contributed by atoms with Crippen LogP contribution >= 0.6 is 23.2 Å². The molecule has 21 heteroatoms. The van der Waals surface area contributed by atoms with Gasteiger partial charge in [0.1, 0.15) is 11.4 Å². The molecule has 1 saturated carbocycles. The van der Waals surface area contributed by atoms with Crippen LogP contribution in [-0.2, 0) is 19.2 Å². The molecule has 0 radical (unpaired) electrons. The summed E-state index contributed by atoms with van der Waals surface area (Å²) in [7, 11) is 2.60. The molecule has 292 valence electrons. The number of anilines is 3. The van der Waals surface area contributed by atoms with Gasteiger partial charge in [0.2, 0.25) is 17.6 Å². The third-order valence-corrected chi connectivity index (χ3v) is 12.4. The van der Waals surface area contributed by atoms with Crippen molar-refractivity contribution in [1.29, 1.82) is 0 Å². The second-order valence-electron chi connectivity index (χ2n) is 14.0. The number of aromatic hydroxyl groups is 1. The molecule has 0 spiro atoms. The number of phenolic OH excluding ortho intramolecular Hbond substituents is 1. The first-order valence-corrected chi connectivity index (χ1v) is 17.2. The monoisotopic (exact) mass is 823 g/mol.